The predicted octanol–water partition coefficient (Wildman–Crippen LogP) is 2.69. The van der Waals surface area contributed by atoms with E-state index in [9.17, 15) is 14.7 Å². The number of carbonyl (C=O) groups excluding carboxylic acids is 1. The van der Waals surface area contributed by atoms with Gasteiger partial charge in [0.2, 0.25) is 5.88 Å². The van der Waals surface area contributed by atoms with Gasteiger partial charge in [-0.25, -0.2) is 0 Å². The lowest BCUT2D eigenvalue weighted by Crippen LogP contribution is -2.35. The van der Waals surface area contributed by atoms with Crippen LogP contribution in [-0.4, -0.2) is 37.5 Å². The van der Waals surface area contributed by atoms with Crippen LogP contribution in [0, 0.1) is 5.41 Å². The molecule has 0 aliphatic heterocycles. The van der Waals surface area contributed by atoms with Crippen LogP contribution in [0.15, 0.2) is 46.3 Å². The SMILES string of the molecule is CC(C)(C)Cn1c(O)c(C(=O)NC2CC2)c(=O)n2nc(/C=N/OCc3ccccc3)cc12. The monoisotopic (exact) mass is 437 g/mol. The molecular formula is C23H27N5O4. The van der Waals surface area contributed by atoms with Crippen LogP contribution in [-0.2, 0) is 18.0 Å². The Kier molecular flexibility index (Phi) is 5.73. The van der Waals surface area contributed by atoms with Crippen LogP contribution in [0.25, 0.3) is 5.65 Å². The molecule has 0 radical (unpaired) electrons. The number of amides is 1. The van der Waals surface area contributed by atoms with Crippen LogP contribution in [0.1, 0.15) is 55.2 Å². The molecule has 4 rings (SSSR count). The van der Waals surface area contributed by atoms with E-state index < -0.39 is 11.5 Å². The van der Waals surface area contributed by atoms with Crippen molar-refractivity contribution in [3.63, 3.8) is 0 Å². The summed E-state index contributed by atoms with van der Waals surface area (Å²) in [6, 6.07) is 11.3. The molecule has 9 nitrogen and oxygen atoms in total. The molecular weight excluding hydrogens is 410 g/mol. The summed E-state index contributed by atoms with van der Waals surface area (Å²) in [6.45, 7) is 6.68. The van der Waals surface area contributed by atoms with Crippen molar-refractivity contribution < 1.29 is 14.7 Å². The Morgan fingerprint density at radius 3 is 2.69 bits per heavy atom. The third-order valence-corrected chi connectivity index (χ3v) is 4.98. The van der Waals surface area contributed by atoms with Gasteiger partial charge in [-0.3, -0.25) is 14.2 Å². The molecule has 0 spiro atoms. The number of aromatic hydroxyl groups is 1. The quantitative estimate of drug-likeness (QED) is 0.436. The molecule has 2 aromatic heterocycles. The third kappa shape index (κ3) is 4.82. The number of hydrogen-bond acceptors (Lipinski definition) is 6. The maximum absolute atomic E-state index is 13.0. The van der Waals surface area contributed by atoms with E-state index in [2.05, 4.69) is 15.6 Å². The number of benzene rings is 1. The maximum atomic E-state index is 13.0. The molecule has 0 bridgehead atoms. The Morgan fingerprint density at radius 1 is 1.31 bits per heavy atom. The molecule has 9 heteroatoms. The molecule has 1 amide bonds. The molecule has 3 aromatic rings. The fourth-order valence-corrected chi connectivity index (χ4v) is 3.33. The summed E-state index contributed by atoms with van der Waals surface area (Å²) in [5, 5.41) is 21.9. The van der Waals surface area contributed by atoms with Crippen molar-refractivity contribution in [3.05, 3.63) is 63.6 Å². The highest BCUT2D eigenvalue weighted by Gasteiger charge is 2.30. The molecule has 168 valence electrons. The van der Waals surface area contributed by atoms with Crippen molar-refractivity contribution in [2.24, 2.45) is 10.6 Å². The van der Waals surface area contributed by atoms with E-state index in [1.165, 1.54) is 6.21 Å². The smallest absolute Gasteiger partial charge is 0.291 e. The average molecular weight is 438 g/mol. The van der Waals surface area contributed by atoms with Crippen molar-refractivity contribution in [1.82, 2.24) is 19.5 Å². The van der Waals surface area contributed by atoms with Crippen LogP contribution >= 0.6 is 0 Å². The van der Waals surface area contributed by atoms with Gasteiger partial charge in [0, 0.05) is 18.7 Å². The van der Waals surface area contributed by atoms with Crippen molar-refractivity contribution >= 4 is 17.8 Å². The fraction of sp³-hybridized carbons (Fsp3) is 0.391. The fourth-order valence-electron chi connectivity index (χ4n) is 3.33. The third-order valence-electron chi connectivity index (χ3n) is 4.98. The molecule has 1 saturated carbocycles. The highest BCUT2D eigenvalue weighted by molar-refractivity contribution is 5.96. The number of rotatable bonds is 7. The highest BCUT2D eigenvalue weighted by Crippen LogP contribution is 2.26. The average Bonchev–Trinajstić information content (AvgIpc) is 3.44. The van der Waals surface area contributed by atoms with Crippen LogP contribution in [0.5, 0.6) is 5.88 Å². The molecule has 0 unspecified atom stereocenters. The molecule has 0 atom stereocenters. The second-order valence-electron chi connectivity index (χ2n) is 9.23. The predicted molar refractivity (Wildman–Crippen MR) is 120 cm³/mol. The number of nitrogens with one attached hydrogen (secondary N) is 1. The second-order valence-corrected chi connectivity index (χ2v) is 9.23. The topological polar surface area (TPSA) is 110 Å². The molecule has 2 heterocycles. The van der Waals surface area contributed by atoms with Gasteiger partial charge in [-0.1, -0.05) is 56.3 Å². The lowest BCUT2D eigenvalue weighted by molar-refractivity contribution is 0.0944. The van der Waals surface area contributed by atoms with Gasteiger partial charge >= 0.3 is 0 Å². The number of hydrogen-bond donors (Lipinski definition) is 2. The van der Waals surface area contributed by atoms with Crippen LogP contribution < -0.4 is 10.9 Å². The Hall–Kier alpha value is -3.62. The second kappa shape index (κ2) is 8.49. The summed E-state index contributed by atoms with van der Waals surface area (Å²) in [7, 11) is 0. The number of aromatic nitrogens is 3. The van der Waals surface area contributed by atoms with Crippen LogP contribution in [0.3, 0.4) is 0 Å². The number of oxime groups is 1. The van der Waals surface area contributed by atoms with Gasteiger partial charge in [-0.15, -0.1) is 0 Å². The Morgan fingerprint density at radius 2 is 2.03 bits per heavy atom. The van der Waals surface area contributed by atoms with E-state index >= 15 is 0 Å². The van der Waals surface area contributed by atoms with Crippen LogP contribution in [0.4, 0.5) is 0 Å². The summed E-state index contributed by atoms with van der Waals surface area (Å²) < 4.78 is 2.67. The Bertz CT molecular complexity index is 1220. The zero-order valence-electron chi connectivity index (χ0n) is 18.4. The number of carbonyl (C=O) groups is 1. The van der Waals surface area contributed by atoms with Gasteiger partial charge in [-0.05, 0) is 23.8 Å². The lowest BCUT2D eigenvalue weighted by atomic mass is 9.96. The van der Waals surface area contributed by atoms with Gasteiger partial charge < -0.3 is 15.3 Å². The van der Waals surface area contributed by atoms with Crippen molar-refractivity contribution in [2.75, 3.05) is 0 Å². The minimum atomic E-state index is -0.675. The maximum Gasteiger partial charge on any atom is 0.291 e. The molecule has 32 heavy (non-hydrogen) atoms. The van der Waals surface area contributed by atoms with E-state index in [1.807, 2.05) is 51.1 Å². The van der Waals surface area contributed by atoms with Gasteiger partial charge in [0.15, 0.2) is 5.56 Å². The highest BCUT2D eigenvalue weighted by atomic mass is 16.6. The van der Waals surface area contributed by atoms with Crippen molar-refractivity contribution in [2.45, 2.75) is 52.8 Å². The minimum Gasteiger partial charge on any atom is -0.494 e. The first-order valence-corrected chi connectivity index (χ1v) is 10.6. The molecule has 1 aliphatic rings. The zero-order valence-corrected chi connectivity index (χ0v) is 18.4. The number of nitrogens with zero attached hydrogens (tertiary/aromatic N) is 4. The van der Waals surface area contributed by atoms with Gasteiger partial charge in [-0.2, -0.15) is 9.61 Å². The molecule has 0 saturated heterocycles. The minimum absolute atomic E-state index is 0.0511. The first kappa shape index (κ1) is 21.6. The van der Waals surface area contributed by atoms with Gasteiger partial charge in [0.05, 0.1) is 6.21 Å². The van der Waals surface area contributed by atoms with E-state index in [4.69, 9.17) is 4.84 Å². The lowest BCUT2D eigenvalue weighted by Gasteiger charge is -2.23. The van der Waals surface area contributed by atoms with E-state index in [0.717, 1.165) is 22.9 Å². The molecule has 2 N–H and O–H groups in total. The summed E-state index contributed by atoms with van der Waals surface area (Å²) in [5.41, 5.74) is 0.507. The van der Waals surface area contributed by atoms with Crippen molar-refractivity contribution in [3.8, 4) is 5.88 Å². The van der Waals surface area contributed by atoms with Gasteiger partial charge in [0.1, 0.15) is 17.9 Å². The van der Waals surface area contributed by atoms with Crippen molar-refractivity contribution in [1.29, 1.82) is 0 Å². The Balaban J connectivity index is 1.68. The van der Waals surface area contributed by atoms with E-state index in [-0.39, 0.29) is 22.9 Å². The standard InChI is InChI=1S/C23H27N5O4/c1-23(2,3)14-27-18-11-17(12-24-32-13-15-7-5-4-6-8-15)26-28(18)22(31)19(21(27)30)20(29)25-16-9-10-16/h4-8,11-12,16,30H,9-10,13-14H2,1-3H3,(H,25,29)/b24-12+. The van der Waals surface area contributed by atoms with E-state index in [0.29, 0.717) is 24.5 Å². The van der Waals surface area contributed by atoms with Gasteiger partial charge in [0.25, 0.3) is 11.5 Å². The largest absolute Gasteiger partial charge is 0.494 e. The summed E-state index contributed by atoms with van der Waals surface area (Å²) in [5.74, 6) is -0.948. The zero-order chi connectivity index (χ0) is 22.9. The molecule has 1 fully saturated rings. The number of fused-ring (bicyclic) bond motifs is 1. The van der Waals surface area contributed by atoms with E-state index in [1.54, 1.807) is 10.6 Å². The normalized spacial score (nSPS) is 14.2. The molecule has 1 aromatic carbocycles. The first-order valence-electron chi connectivity index (χ1n) is 10.6. The van der Waals surface area contributed by atoms with Crippen LogP contribution in [0.2, 0.25) is 0 Å². The first-order chi connectivity index (χ1) is 15.2. The Labute approximate surface area is 185 Å². The molecule has 1 aliphatic carbocycles. The summed E-state index contributed by atoms with van der Waals surface area (Å²) in [6.07, 6.45) is 3.14. The summed E-state index contributed by atoms with van der Waals surface area (Å²) in [4.78, 5) is 31.0. The summed E-state index contributed by atoms with van der Waals surface area (Å²) >= 11 is 0.